The Bertz CT molecular complexity index is 1800. The first-order valence-corrected chi connectivity index (χ1v) is 19.0. The molecule has 1 aromatic heterocycles. The quantitative estimate of drug-likeness (QED) is 0.127. The van der Waals surface area contributed by atoms with Gasteiger partial charge in [-0.15, -0.1) is 0 Å². The number of benzene rings is 2. The van der Waals surface area contributed by atoms with Gasteiger partial charge in [-0.2, -0.15) is 0 Å². The third-order valence-corrected chi connectivity index (χ3v) is 11.7. The molecule has 0 spiro atoms. The fraction of sp³-hybridized carbons (Fsp3) is 0.486. The number of hydrogen-bond donors (Lipinski definition) is 1. The fourth-order valence-electron chi connectivity index (χ4n) is 6.76. The minimum Gasteiger partial charge on any atom is -0.481 e. The number of nitrogens with zero attached hydrogens (tertiary/aromatic N) is 2. The van der Waals surface area contributed by atoms with E-state index < -0.39 is 39.4 Å². The van der Waals surface area contributed by atoms with Gasteiger partial charge in [-0.05, 0) is 75.4 Å². The van der Waals surface area contributed by atoms with Crippen LogP contribution in [-0.2, 0) is 35.5 Å². The molecule has 3 fully saturated rings. The van der Waals surface area contributed by atoms with Crippen molar-refractivity contribution in [1.82, 2.24) is 5.16 Å². The number of carbonyl (C=O) groups is 3. The molecule has 1 aliphatic heterocycles. The Morgan fingerprint density at radius 1 is 1.06 bits per heavy atom. The summed E-state index contributed by atoms with van der Waals surface area (Å²) in [6, 6.07) is 12.7. The molecule has 262 valence electrons. The fourth-order valence-corrected chi connectivity index (χ4v) is 8.73. The summed E-state index contributed by atoms with van der Waals surface area (Å²) >= 11 is 13.0. The second kappa shape index (κ2) is 14.8. The van der Waals surface area contributed by atoms with Crippen LogP contribution in [0.25, 0.3) is 11.3 Å². The van der Waals surface area contributed by atoms with Gasteiger partial charge < -0.3 is 24.0 Å². The Morgan fingerprint density at radius 3 is 2.41 bits per heavy atom. The predicted octanol–water partition coefficient (Wildman–Crippen LogP) is 6.49. The second-order valence-electron chi connectivity index (χ2n) is 13.2. The smallest absolute Gasteiger partial charge is 0.306 e. The summed E-state index contributed by atoms with van der Waals surface area (Å²) < 4.78 is 42.7. The lowest BCUT2D eigenvalue weighted by molar-refractivity contribution is -0.151. The van der Waals surface area contributed by atoms with Crippen molar-refractivity contribution in [2.45, 2.75) is 82.6 Å². The predicted molar refractivity (Wildman–Crippen MR) is 183 cm³/mol. The highest BCUT2D eigenvalue weighted by atomic mass is 35.5. The lowest BCUT2D eigenvalue weighted by Crippen LogP contribution is -2.38. The monoisotopic (exact) mass is 732 g/mol. The van der Waals surface area contributed by atoms with Crippen molar-refractivity contribution >= 4 is 56.4 Å². The number of hydrogen-bond acceptors (Lipinski definition) is 10. The van der Waals surface area contributed by atoms with Crippen molar-refractivity contribution in [2.24, 2.45) is 5.92 Å². The van der Waals surface area contributed by atoms with Crippen LogP contribution in [0.15, 0.2) is 47.0 Å². The highest BCUT2D eigenvalue weighted by Crippen LogP contribution is 2.47. The van der Waals surface area contributed by atoms with Crippen molar-refractivity contribution in [3.05, 3.63) is 69.4 Å². The molecule has 3 aromatic rings. The standard InChI is InChI=1S/C35H38Cl2N2O9S/c1-20(47-32(43)12-11-31(41)42)13-14-49(44,45)19-29(40)21-7-9-24(10-8-21)39-17-23-15-25(39)16-30(23)46-18-26-34(38-48-35(26)22-5-6-22)33-27(36)3-2-4-28(33)37/h2-4,7-10,20,22-23,25,30H,5-6,11-19H2,1H3,(H,41,42)/t20?,23-,25-,30+/m0/s1. The second-order valence-corrected chi connectivity index (χ2v) is 16.2. The number of halogens is 2. The number of fused-ring (bicyclic) bond motifs is 2. The number of ether oxygens (including phenoxy) is 2. The van der Waals surface area contributed by atoms with E-state index in [-0.39, 0.29) is 37.2 Å². The van der Waals surface area contributed by atoms with E-state index in [2.05, 4.69) is 10.1 Å². The van der Waals surface area contributed by atoms with Crippen LogP contribution < -0.4 is 4.90 Å². The number of carboxylic acid groups (broad SMARTS) is 1. The largest absolute Gasteiger partial charge is 0.481 e. The number of sulfone groups is 1. The summed E-state index contributed by atoms with van der Waals surface area (Å²) in [5.74, 6) is -1.81. The summed E-state index contributed by atoms with van der Waals surface area (Å²) in [5.41, 5.74) is 3.47. The molecule has 0 radical (unpaired) electrons. The molecule has 2 saturated carbocycles. The number of Topliss-reactive ketones (excluding diaryl/α,β-unsaturated/α-hetero) is 1. The van der Waals surface area contributed by atoms with Gasteiger partial charge in [0.05, 0.1) is 47.5 Å². The topological polar surface area (TPSA) is 153 Å². The van der Waals surface area contributed by atoms with Crippen LogP contribution in [0.1, 0.15) is 79.5 Å². The molecule has 14 heteroatoms. The van der Waals surface area contributed by atoms with Gasteiger partial charge in [0.1, 0.15) is 17.2 Å². The average molecular weight is 734 g/mol. The summed E-state index contributed by atoms with van der Waals surface area (Å²) in [4.78, 5) is 37.5. The third kappa shape index (κ3) is 8.48. The number of esters is 1. The minimum absolute atomic E-state index is 0.00707. The van der Waals surface area contributed by atoms with Gasteiger partial charge >= 0.3 is 11.9 Å². The Balaban J connectivity index is 1.00. The zero-order chi connectivity index (χ0) is 34.9. The molecule has 0 amide bonds. The van der Waals surface area contributed by atoms with E-state index in [0.717, 1.165) is 49.2 Å². The number of carbonyl (C=O) groups excluding carboxylic acids is 2. The van der Waals surface area contributed by atoms with Gasteiger partial charge in [0, 0.05) is 46.8 Å². The number of aliphatic carboxylic acids is 1. The number of piperidine rings is 1. The molecule has 1 N–H and O–H groups in total. The summed E-state index contributed by atoms with van der Waals surface area (Å²) in [7, 11) is -3.76. The SMILES string of the molecule is CC(CCS(=O)(=O)CC(=O)c1ccc(N2C[C@@H]3C[C@H]2C[C@H]3OCc2c(-c3c(Cl)cccc3Cl)noc2C2CC2)cc1)OC(=O)CCC(=O)O. The van der Waals surface area contributed by atoms with Crippen LogP contribution in [-0.4, -0.2) is 72.7 Å². The highest BCUT2D eigenvalue weighted by Gasteiger charge is 2.46. The van der Waals surface area contributed by atoms with Crippen molar-refractivity contribution in [3.63, 3.8) is 0 Å². The number of rotatable bonds is 16. The van der Waals surface area contributed by atoms with E-state index in [1.165, 1.54) is 6.92 Å². The van der Waals surface area contributed by atoms with Crippen LogP contribution in [0.2, 0.25) is 10.0 Å². The summed E-state index contributed by atoms with van der Waals surface area (Å²) in [6.45, 7) is 2.69. The lowest BCUT2D eigenvalue weighted by Gasteiger charge is -2.33. The number of aromatic nitrogens is 1. The van der Waals surface area contributed by atoms with Gasteiger partial charge in [0.15, 0.2) is 15.6 Å². The minimum atomic E-state index is -3.76. The van der Waals surface area contributed by atoms with Crippen LogP contribution in [0.5, 0.6) is 0 Å². The van der Waals surface area contributed by atoms with Crippen LogP contribution in [0.3, 0.4) is 0 Å². The maximum absolute atomic E-state index is 12.8. The van der Waals surface area contributed by atoms with Crippen molar-refractivity contribution in [1.29, 1.82) is 0 Å². The molecule has 2 aliphatic carbocycles. The van der Waals surface area contributed by atoms with Gasteiger partial charge in [-0.3, -0.25) is 14.4 Å². The first kappa shape index (κ1) is 35.4. The van der Waals surface area contributed by atoms with Crippen molar-refractivity contribution in [2.75, 3.05) is 23.0 Å². The van der Waals surface area contributed by atoms with E-state index in [0.29, 0.717) is 45.3 Å². The lowest BCUT2D eigenvalue weighted by atomic mass is 10.0. The molecule has 2 heterocycles. The van der Waals surface area contributed by atoms with E-state index in [1.807, 2.05) is 12.1 Å². The Hall–Kier alpha value is -3.45. The average Bonchev–Trinajstić information content (AvgIpc) is 3.50. The molecule has 1 unspecified atom stereocenters. The van der Waals surface area contributed by atoms with Gasteiger partial charge in [0.25, 0.3) is 0 Å². The molecule has 2 bridgehead atoms. The van der Waals surface area contributed by atoms with Gasteiger partial charge in [-0.25, -0.2) is 8.42 Å². The molecule has 11 nitrogen and oxygen atoms in total. The van der Waals surface area contributed by atoms with Crippen molar-refractivity contribution < 1.29 is 41.9 Å². The first-order valence-electron chi connectivity index (χ1n) is 16.4. The molecule has 2 aromatic carbocycles. The summed E-state index contributed by atoms with van der Waals surface area (Å²) in [5, 5.41) is 14.1. The normalized spacial score (nSPS) is 20.8. The van der Waals surface area contributed by atoms with E-state index >= 15 is 0 Å². The van der Waals surface area contributed by atoms with Crippen LogP contribution in [0.4, 0.5) is 5.69 Å². The Morgan fingerprint density at radius 2 is 1.78 bits per heavy atom. The van der Waals surface area contributed by atoms with E-state index in [4.69, 9.17) is 42.3 Å². The molecular weight excluding hydrogens is 695 g/mol. The number of ketones is 1. The molecule has 6 rings (SSSR count). The number of carboxylic acids is 1. The van der Waals surface area contributed by atoms with Gasteiger partial charge in [0.2, 0.25) is 0 Å². The maximum atomic E-state index is 12.8. The van der Waals surface area contributed by atoms with Gasteiger partial charge in [-0.1, -0.05) is 34.4 Å². The Kier molecular flexibility index (Phi) is 10.7. The molecule has 1 saturated heterocycles. The third-order valence-electron chi connectivity index (χ3n) is 9.47. The maximum Gasteiger partial charge on any atom is 0.306 e. The molecule has 3 aliphatic rings. The number of anilines is 1. The highest BCUT2D eigenvalue weighted by molar-refractivity contribution is 7.92. The van der Waals surface area contributed by atoms with Crippen molar-refractivity contribution in [3.8, 4) is 11.3 Å². The van der Waals surface area contributed by atoms with E-state index in [9.17, 15) is 22.8 Å². The van der Waals surface area contributed by atoms with Crippen LogP contribution >= 0.6 is 23.2 Å². The van der Waals surface area contributed by atoms with Crippen LogP contribution in [0, 0.1) is 5.92 Å². The zero-order valence-corrected chi connectivity index (χ0v) is 29.3. The summed E-state index contributed by atoms with van der Waals surface area (Å²) in [6.07, 6.45) is 2.64. The molecule has 4 atom stereocenters. The van der Waals surface area contributed by atoms with E-state index in [1.54, 1.807) is 30.3 Å². The molecule has 49 heavy (non-hydrogen) atoms. The molecular formula is C35H38Cl2N2O9S. The Labute approximate surface area is 294 Å². The zero-order valence-electron chi connectivity index (χ0n) is 27.0. The first-order chi connectivity index (χ1) is 23.4.